The molecule has 3 rings (SSSR count). The zero-order valence-corrected chi connectivity index (χ0v) is 18.0. The van der Waals surface area contributed by atoms with Gasteiger partial charge in [-0.25, -0.2) is 12.8 Å². The van der Waals surface area contributed by atoms with Gasteiger partial charge in [-0.05, 0) is 49.8 Å². The van der Waals surface area contributed by atoms with E-state index in [1.807, 2.05) is 13.0 Å². The van der Waals surface area contributed by atoms with Gasteiger partial charge < -0.3 is 10.4 Å². The van der Waals surface area contributed by atoms with Gasteiger partial charge in [0, 0.05) is 5.25 Å². The van der Waals surface area contributed by atoms with Crippen molar-refractivity contribution in [1.82, 2.24) is 15.0 Å². The summed E-state index contributed by atoms with van der Waals surface area (Å²) < 4.78 is 39.4. The lowest BCUT2D eigenvalue weighted by Gasteiger charge is -2.17. The number of aromatic nitrogens is 3. The molecule has 8 nitrogen and oxygen atoms in total. The lowest BCUT2D eigenvalue weighted by atomic mass is 10.1. The minimum Gasteiger partial charge on any atom is -0.394 e. The lowest BCUT2D eigenvalue weighted by Crippen LogP contribution is -2.27. The number of thioether (sulfide) groups is 1. The Labute approximate surface area is 173 Å². The van der Waals surface area contributed by atoms with Gasteiger partial charge in [-0.15, -0.1) is 0 Å². The number of nitrogens with zero attached hydrogens (tertiary/aromatic N) is 3. The average molecular weight is 442 g/mol. The van der Waals surface area contributed by atoms with Crippen LogP contribution in [0.5, 0.6) is 0 Å². The summed E-state index contributed by atoms with van der Waals surface area (Å²) in [5.74, 6) is 0.125. The van der Waals surface area contributed by atoms with E-state index in [9.17, 15) is 17.9 Å². The molecule has 0 bridgehead atoms. The maximum atomic E-state index is 13.9. The predicted octanol–water partition coefficient (Wildman–Crippen LogP) is 2.73. The zero-order chi connectivity index (χ0) is 21.2. The molecule has 0 amide bonds. The van der Waals surface area contributed by atoms with Crippen LogP contribution in [0.3, 0.4) is 0 Å². The minimum absolute atomic E-state index is 0.0767. The van der Waals surface area contributed by atoms with Gasteiger partial charge in [0.1, 0.15) is 5.82 Å². The van der Waals surface area contributed by atoms with Crippen molar-refractivity contribution >= 4 is 33.7 Å². The maximum Gasteiger partial charge on any atom is 0.242 e. The second kappa shape index (κ2) is 8.80. The number of hydrogen-bond acceptors (Lipinski definition) is 8. The third-order valence-corrected chi connectivity index (χ3v) is 6.11. The first-order valence-electron chi connectivity index (χ1n) is 9.18. The number of anilines is 2. The molecule has 1 aromatic heterocycles. The Kier molecular flexibility index (Phi) is 6.59. The molecule has 0 aliphatic heterocycles. The zero-order valence-electron chi connectivity index (χ0n) is 16.4. The van der Waals surface area contributed by atoms with Crippen molar-refractivity contribution in [3.05, 3.63) is 35.1 Å². The van der Waals surface area contributed by atoms with E-state index in [0.717, 1.165) is 24.7 Å². The highest BCUT2D eigenvalue weighted by molar-refractivity contribution is 7.99. The van der Waals surface area contributed by atoms with Crippen molar-refractivity contribution in [2.45, 2.75) is 43.1 Å². The Morgan fingerprint density at radius 2 is 1.97 bits per heavy atom. The summed E-state index contributed by atoms with van der Waals surface area (Å²) in [7, 11) is -3.58. The number of halogens is 1. The Morgan fingerprint density at radius 3 is 2.55 bits per heavy atom. The number of aliphatic hydroxyl groups excluding tert-OH is 1. The Morgan fingerprint density at radius 1 is 1.28 bits per heavy atom. The van der Waals surface area contributed by atoms with Gasteiger partial charge in [0.15, 0.2) is 5.16 Å². The second-order valence-corrected chi connectivity index (χ2v) is 10.2. The summed E-state index contributed by atoms with van der Waals surface area (Å²) >= 11 is 1.26. The first-order chi connectivity index (χ1) is 13.6. The molecule has 0 saturated heterocycles. The van der Waals surface area contributed by atoms with Gasteiger partial charge in [0.2, 0.25) is 21.9 Å². The van der Waals surface area contributed by atoms with Gasteiger partial charge in [0.05, 0.1) is 18.9 Å². The standard InChI is InChI=1S/C18H24FN5O3S2/c1-10-4-5-13(8-14(10)19)11(2)28-18-22-16(20-15(9-25)12-6-7-12)21-17(23-18)24-29(3,26)27/h4-5,8,11-12,15,25H,6-7,9H2,1-3H3,(H2,20,21,22,23,24)/t11-,15-/m0/s1. The molecule has 3 N–H and O–H groups in total. The lowest BCUT2D eigenvalue weighted by molar-refractivity contribution is 0.263. The first-order valence-corrected chi connectivity index (χ1v) is 12.0. The topological polar surface area (TPSA) is 117 Å². The molecule has 0 spiro atoms. The molecule has 1 aliphatic rings. The summed E-state index contributed by atoms with van der Waals surface area (Å²) in [6.07, 6.45) is 3.03. The Balaban J connectivity index is 1.85. The van der Waals surface area contributed by atoms with Crippen LogP contribution in [0.25, 0.3) is 0 Å². The van der Waals surface area contributed by atoms with Crippen LogP contribution in [-0.4, -0.2) is 47.4 Å². The van der Waals surface area contributed by atoms with Gasteiger partial charge in [-0.1, -0.05) is 23.9 Å². The fourth-order valence-corrected chi connectivity index (χ4v) is 4.05. The molecule has 2 aromatic rings. The van der Waals surface area contributed by atoms with E-state index in [-0.39, 0.29) is 40.8 Å². The van der Waals surface area contributed by atoms with Crippen molar-refractivity contribution in [2.75, 3.05) is 22.9 Å². The second-order valence-electron chi connectivity index (χ2n) is 7.18. The number of rotatable bonds is 9. The molecule has 1 aromatic carbocycles. The fraction of sp³-hybridized carbons (Fsp3) is 0.500. The van der Waals surface area contributed by atoms with Crippen LogP contribution in [0, 0.1) is 18.7 Å². The summed E-state index contributed by atoms with van der Waals surface area (Å²) in [5.41, 5.74) is 1.32. The monoisotopic (exact) mass is 441 g/mol. The number of sulfonamides is 1. The van der Waals surface area contributed by atoms with E-state index in [1.165, 1.54) is 17.8 Å². The molecule has 0 radical (unpaired) electrons. The molecule has 1 aliphatic carbocycles. The van der Waals surface area contributed by atoms with E-state index in [1.54, 1.807) is 13.0 Å². The Bertz CT molecular complexity index is 985. The smallest absolute Gasteiger partial charge is 0.242 e. The van der Waals surface area contributed by atoms with Crippen LogP contribution in [0.4, 0.5) is 16.3 Å². The molecular weight excluding hydrogens is 417 g/mol. The van der Waals surface area contributed by atoms with Crippen LogP contribution in [0.1, 0.15) is 36.1 Å². The summed E-state index contributed by atoms with van der Waals surface area (Å²) in [6.45, 7) is 3.50. The molecular formula is C18H24FN5O3S2. The van der Waals surface area contributed by atoms with Crippen LogP contribution in [0.15, 0.2) is 23.4 Å². The number of aliphatic hydroxyl groups is 1. The van der Waals surface area contributed by atoms with E-state index in [2.05, 4.69) is 25.0 Å². The predicted molar refractivity (Wildman–Crippen MR) is 111 cm³/mol. The number of nitrogens with one attached hydrogen (secondary N) is 2. The summed E-state index contributed by atoms with van der Waals surface area (Å²) in [5, 5.41) is 12.8. The van der Waals surface area contributed by atoms with E-state index in [0.29, 0.717) is 11.5 Å². The third kappa shape index (κ3) is 6.25. The van der Waals surface area contributed by atoms with E-state index in [4.69, 9.17) is 0 Å². The number of benzene rings is 1. The largest absolute Gasteiger partial charge is 0.394 e. The first kappa shape index (κ1) is 21.7. The molecule has 1 fully saturated rings. The van der Waals surface area contributed by atoms with E-state index < -0.39 is 10.0 Å². The van der Waals surface area contributed by atoms with Gasteiger partial charge in [-0.2, -0.15) is 15.0 Å². The Hall–Kier alpha value is -1.98. The van der Waals surface area contributed by atoms with Crippen LogP contribution in [-0.2, 0) is 10.0 Å². The van der Waals surface area contributed by atoms with Crippen molar-refractivity contribution in [3.8, 4) is 0 Å². The van der Waals surface area contributed by atoms with Gasteiger partial charge >= 0.3 is 0 Å². The molecule has 11 heteroatoms. The van der Waals surface area contributed by atoms with Crippen molar-refractivity contribution in [2.24, 2.45) is 5.92 Å². The summed E-state index contributed by atoms with van der Waals surface area (Å²) in [6, 6.07) is 4.81. The van der Waals surface area contributed by atoms with Crippen LogP contribution in [0.2, 0.25) is 0 Å². The molecule has 2 atom stereocenters. The van der Waals surface area contributed by atoms with Crippen molar-refractivity contribution in [1.29, 1.82) is 0 Å². The van der Waals surface area contributed by atoms with E-state index >= 15 is 0 Å². The molecule has 1 heterocycles. The quantitative estimate of drug-likeness (QED) is 0.509. The molecule has 1 saturated carbocycles. The van der Waals surface area contributed by atoms with Crippen LogP contribution < -0.4 is 10.0 Å². The normalized spacial score (nSPS) is 16.3. The molecule has 158 valence electrons. The number of hydrogen-bond donors (Lipinski definition) is 3. The van der Waals surface area contributed by atoms with Gasteiger partial charge in [0.25, 0.3) is 0 Å². The number of aryl methyl sites for hydroxylation is 1. The van der Waals surface area contributed by atoms with Gasteiger partial charge in [-0.3, -0.25) is 4.72 Å². The summed E-state index contributed by atoms with van der Waals surface area (Å²) in [4.78, 5) is 12.6. The highest BCUT2D eigenvalue weighted by Crippen LogP contribution is 2.36. The highest BCUT2D eigenvalue weighted by atomic mass is 32.2. The molecule has 0 unspecified atom stereocenters. The maximum absolute atomic E-state index is 13.9. The van der Waals surface area contributed by atoms with Crippen LogP contribution >= 0.6 is 11.8 Å². The fourth-order valence-electron chi connectivity index (χ4n) is 2.75. The average Bonchev–Trinajstić information content (AvgIpc) is 3.45. The highest BCUT2D eigenvalue weighted by Gasteiger charge is 2.31. The SMILES string of the molecule is Cc1ccc([C@H](C)Sc2nc(N[C@@H](CO)C3CC3)nc(NS(C)(=O)=O)n2)cc1F. The third-order valence-electron chi connectivity index (χ3n) is 4.54. The van der Waals surface area contributed by atoms with Crippen molar-refractivity contribution < 1.29 is 17.9 Å². The minimum atomic E-state index is -3.58. The van der Waals surface area contributed by atoms with Crippen molar-refractivity contribution in [3.63, 3.8) is 0 Å². The molecule has 29 heavy (non-hydrogen) atoms.